The molecule has 0 aromatic heterocycles. The smallest absolute Gasteiger partial charge is 0.321 e. The number of carboxylic acid groups (broad SMARTS) is 2. The minimum Gasteiger partial charge on any atom is -0.481 e. The second-order valence-electron chi connectivity index (χ2n) is 2.75. The van der Waals surface area contributed by atoms with Crippen molar-refractivity contribution >= 4 is 23.7 Å². The van der Waals surface area contributed by atoms with E-state index in [1.165, 1.54) is 11.8 Å². The maximum atomic E-state index is 10.5. The molecule has 0 amide bonds. The third-order valence-corrected chi connectivity index (χ3v) is 2.80. The Morgan fingerprint density at radius 1 is 1.21 bits per heavy atom. The highest BCUT2D eigenvalue weighted by Gasteiger charge is 2.17. The van der Waals surface area contributed by atoms with Crippen LogP contribution in [-0.2, 0) is 9.59 Å². The van der Waals surface area contributed by atoms with Crippen LogP contribution in [0.25, 0.3) is 0 Å². The van der Waals surface area contributed by atoms with Crippen LogP contribution >= 0.6 is 11.8 Å². The highest BCUT2D eigenvalue weighted by Crippen LogP contribution is 2.09. The highest BCUT2D eigenvalue weighted by molar-refractivity contribution is 7.99. The van der Waals surface area contributed by atoms with Gasteiger partial charge in [0.05, 0.1) is 5.92 Å². The topological polar surface area (TPSA) is 127 Å². The second-order valence-corrected chi connectivity index (χ2v) is 3.83. The third kappa shape index (κ3) is 5.05. The van der Waals surface area contributed by atoms with Crippen molar-refractivity contribution in [1.82, 2.24) is 0 Å². The van der Waals surface area contributed by atoms with Crippen LogP contribution in [0.4, 0.5) is 0 Å². The van der Waals surface area contributed by atoms with Gasteiger partial charge in [-0.2, -0.15) is 11.8 Å². The fourth-order valence-corrected chi connectivity index (χ4v) is 1.74. The van der Waals surface area contributed by atoms with Crippen LogP contribution in [0.5, 0.6) is 0 Å². The molecule has 0 aromatic carbocycles. The van der Waals surface area contributed by atoms with Crippen molar-refractivity contribution in [2.75, 3.05) is 18.1 Å². The first-order chi connectivity index (χ1) is 6.49. The summed E-state index contributed by atoms with van der Waals surface area (Å²) in [4.78, 5) is 20.8. The molecule has 7 heteroatoms. The Morgan fingerprint density at radius 3 is 2.14 bits per heavy atom. The van der Waals surface area contributed by atoms with E-state index >= 15 is 0 Å². The van der Waals surface area contributed by atoms with Crippen molar-refractivity contribution < 1.29 is 19.8 Å². The van der Waals surface area contributed by atoms with E-state index in [9.17, 15) is 9.59 Å². The first-order valence-electron chi connectivity index (χ1n) is 3.98. The number of rotatable bonds is 7. The number of carbonyl (C=O) groups is 2. The Hall–Kier alpha value is -0.790. The lowest BCUT2D eigenvalue weighted by molar-refractivity contribution is -0.140. The second kappa shape index (κ2) is 6.63. The van der Waals surface area contributed by atoms with Gasteiger partial charge in [-0.1, -0.05) is 0 Å². The van der Waals surface area contributed by atoms with Crippen molar-refractivity contribution in [3.63, 3.8) is 0 Å². The molecular formula is C7H14N2O4S. The number of nitrogens with two attached hydrogens (primary N) is 2. The third-order valence-electron chi connectivity index (χ3n) is 1.57. The Bertz CT molecular complexity index is 212. The van der Waals surface area contributed by atoms with Crippen LogP contribution in [-0.4, -0.2) is 46.2 Å². The fraction of sp³-hybridized carbons (Fsp3) is 0.714. The van der Waals surface area contributed by atoms with Gasteiger partial charge in [0.2, 0.25) is 0 Å². The van der Waals surface area contributed by atoms with E-state index in [0.29, 0.717) is 0 Å². The fourth-order valence-electron chi connectivity index (χ4n) is 0.649. The first-order valence-corrected chi connectivity index (χ1v) is 5.13. The monoisotopic (exact) mass is 222 g/mol. The van der Waals surface area contributed by atoms with E-state index in [1.807, 2.05) is 0 Å². The van der Waals surface area contributed by atoms with Crippen molar-refractivity contribution in [3.8, 4) is 0 Å². The molecule has 0 fully saturated rings. The lowest BCUT2D eigenvalue weighted by atomic mass is 10.2. The van der Waals surface area contributed by atoms with E-state index < -0.39 is 23.9 Å². The van der Waals surface area contributed by atoms with Crippen LogP contribution in [0.2, 0.25) is 0 Å². The molecule has 0 aliphatic heterocycles. The molecule has 0 radical (unpaired) electrons. The highest BCUT2D eigenvalue weighted by atomic mass is 32.2. The summed E-state index contributed by atoms with van der Waals surface area (Å²) in [5.41, 5.74) is 10.4. The number of thioether (sulfide) groups is 1. The molecule has 0 rings (SSSR count). The van der Waals surface area contributed by atoms with Gasteiger partial charge in [0, 0.05) is 18.1 Å². The quantitative estimate of drug-likeness (QED) is 0.425. The van der Waals surface area contributed by atoms with Gasteiger partial charge in [-0.25, -0.2) is 0 Å². The molecular weight excluding hydrogens is 208 g/mol. The van der Waals surface area contributed by atoms with Crippen LogP contribution in [0.15, 0.2) is 0 Å². The molecule has 6 nitrogen and oxygen atoms in total. The van der Waals surface area contributed by atoms with Crippen LogP contribution in [0.3, 0.4) is 0 Å². The summed E-state index contributed by atoms with van der Waals surface area (Å²) in [5, 5.41) is 17.0. The summed E-state index contributed by atoms with van der Waals surface area (Å²) < 4.78 is 0. The Balaban J connectivity index is 3.71. The Morgan fingerprint density at radius 2 is 1.79 bits per heavy atom. The number of aliphatic carboxylic acids is 2. The molecule has 0 saturated carbocycles. The average Bonchev–Trinajstić information content (AvgIpc) is 2.11. The van der Waals surface area contributed by atoms with E-state index in [4.69, 9.17) is 21.7 Å². The molecule has 0 heterocycles. The summed E-state index contributed by atoms with van der Waals surface area (Å²) in [5.74, 6) is -2.21. The summed E-state index contributed by atoms with van der Waals surface area (Å²) in [7, 11) is 0. The molecule has 0 aliphatic carbocycles. The Labute approximate surface area is 85.6 Å². The minimum absolute atomic E-state index is 0.0463. The Kier molecular flexibility index (Phi) is 6.26. The normalized spacial score (nSPS) is 14.7. The van der Waals surface area contributed by atoms with Crippen molar-refractivity contribution in [2.45, 2.75) is 6.04 Å². The van der Waals surface area contributed by atoms with E-state index in [-0.39, 0.29) is 18.1 Å². The SMILES string of the molecule is NCC(CSCC(N)C(=O)O)C(=O)O. The molecule has 0 aliphatic rings. The largest absolute Gasteiger partial charge is 0.481 e. The summed E-state index contributed by atoms with van der Waals surface area (Å²) in [6.45, 7) is 0.0463. The maximum absolute atomic E-state index is 10.5. The van der Waals surface area contributed by atoms with E-state index in [2.05, 4.69) is 0 Å². The molecule has 14 heavy (non-hydrogen) atoms. The predicted molar refractivity (Wildman–Crippen MR) is 53.1 cm³/mol. The van der Waals surface area contributed by atoms with Gasteiger partial charge in [-0.05, 0) is 0 Å². The zero-order valence-electron chi connectivity index (χ0n) is 7.55. The zero-order valence-corrected chi connectivity index (χ0v) is 8.37. The molecule has 82 valence electrons. The van der Waals surface area contributed by atoms with Gasteiger partial charge in [0.15, 0.2) is 0 Å². The van der Waals surface area contributed by atoms with Gasteiger partial charge < -0.3 is 21.7 Å². The molecule has 0 aromatic rings. The van der Waals surface area contributed by atoms with Crippen LogP contribution in [0, 0.1) is 5.92 Å². The van der Waals surface area contributed by atoms with Crippen molar-refractivity contribution in [3.05, 3.63) is 0 Å². The van der Waals surface area contributed by atoms with Crippen molar-refractivity contribution in [1.29, 1.82) is 0 Å². The molecule has 0 bridgehead atoms. The predicted octanol–water partition coefficient (Wildman–Crippen LogP) is -1.21. The average molecular weight is 222 g/mol. The molecule has 2 unspecified atom stereocenters. The van der Waals surface area contributed by atoms with Gasteiger partial charge in [0.25, 0.3) is 0 Å². The van der Waals surface area contributed by atoms with Crippen LogP contribution < -0.4 is 11.5 Å². The van der Waals surface area contributed by atoms with Crippen molar-refractivity contribution in [2.24, 2.45) is 17.4 Å². The van der Waals surface area contributed by atoms with Gasteiger partial charge in [-0.15, -0.1) is 0 Å². The van der Waals surface area contributed by atoms with Crippen LogP contribution in [0.1, 0.15) is 0 Å². The number of hydrogen-bond donors (Lipinski definition) is 4. The molecule has 2 atom stereocenters. The maximum Gasteiger partial charge on any atom is 0.321 e. The molecule has 0 spiro atoms. The van der Waals surface area contributed by atoms with Gasteiger partial charge in [0.1, 0.15) is 6.04 Å². The number of hydrogen-bond acceptors (Lipinski definition) is 5. The van der Waals surface area contributed by atoms with E-state index in [1.54, 1.807) is 0 Å². The molecule has 0 saturated heterocycles. The van der Waals surface area contributed by atoms with Gasteiger partial charge >= 0.3 is 11.9 Å². The molecule has 6 N–H and O–H groups in total. The minimum atomic E-state index is -1.09. The number of carboxylic acids is 2. The summed E-state index contributed by atoms with van der Waals surface area (Å²) in [6, 6.07) is -0.952. The first kappa shape index (κ1) is 13.2. The summed E-state index contributed by atoms with van der Waals surface area (Å²) in [6.07, 6.45) is 0. The summed E-state index contributed by atoms with van der Waals surface area (Å²) >= 11 is 1.18. The standard InChI is InChI=1S/C7H14N2O4S/c8-1-4(6(10)11)2-14-3-5(9)7(12)13/h4-5H,1-3,8-9H2,(H,10,11)(H,12,13). The lowest BCUT2D eigenvalue weighted by Gasteiger charge is -2.10. The lowest BCUT2D eigenvalue weighted by Crippen LogP contribution is -2.33. The zero-order chi connectivity index (χ0) is 11.1. The van der Waals surface area contributed by atoms with Gasteiger partial charge in [-0.3, -0.25) is 9.59 Å². The van der Waals surface area contributed by atoms with E-state index in [0.717, 1.165) is 0 Å².